The minimum Gasteiger partial charge on any atom is -0.491 e. The number of halogens is 1. The van der Waals surface area contributed by atoms with E-state index in [0.29, 0.717) is 19.0 Å². The van der Waals surface area contributed by atoms with Crippen LogP contribution in [-0.2, 0) is 16.6 Å². The minimum absolute atomic E-state index is 0. The van der Waals surface area contributed by atoms with Crippen LogP contribution in [0.3, 0.4) is 0 Å². The first-order chi connectivity index (χ1) is 14.3. The molecule has 0 aromatic heterocycles. The molecule has 7 nitrogen and oxygen atoms in total. The summed E-state index contributed by atoms with van der Waals surface area (Å²) in [5.74, 6) is 1.44. The van der Waals surface area contributed by atoms with Crippen LogP contribution in [0.4, 0.5) is 5.69 Å². The lowest BCUT2D eigenvalue weighted by Crippen LogP contribution is -2.38. The van der Waals surface area contributed by atoms with Crippen molar-refractivity contribution in [3.05, 3.63) is 59.7 Å². The smallest absolute Gasteiger partial charge is 0.211 e. The second-order valence-electron chi connectivity index (χ2n) is 7.13. The van der Waals surface area contributed by atoms with E-state index in [9.17, 15) is 8.42 Å². The zero-order valence-electron chi connectivity index (χ0n) is 18.5. The monoisotopic (exact) mass is 560 g/mol. The molecule has 0 aliphatic rings. The maximum Gasteiger partial charge on any atom is 0.211 e. The van der Waals surface area contributed by atoms with Crippen molar-refractivity contribution in [3.63, 3.8) is 0 Å². The van der Waals surface area contributed by atoms with Crippen LogP contribution in [0, 0.1) is 6.92 Å². The minimum atomic E-state index is -3.22. The molecule has 0 fully saturated rings. The van der Waals surface area contributed by atoms with Crippen molar-refractivity contribution in [3.8, 4) is 5.75 Å². The molecule has 0 bridgehead atoms. The Hall–Kier alpha value is -1.85. The van der Waals surface area contributed by atoms with Gasteiger partial charge in [-0.3, -0.25) is 0 Å². The van der Waals surface area contributed by atoms with Gasteiger partial charge in [0.05, 0.1) is 18.4 Å². The van der Waals surface area contributed by atoms with Gasteiger partial charge >= 0.3 is 0 Å². The van der Waals surface area contributed by atoms with Gasteiger partial charge in [-0.2, -0.15) is 0 Å². The van der Waals surface area contributed by atoms with E-state index < -0.39 is 10.0 Å². The third-order valence-electron chi connectivity index (χ3n) is 4.28. The largest absolute Gasteiger partial charge is 0.491 e. The third kappa shape index (κ3) is 10.3. The molecule has 0 saturated carbocycles. The number of anilines is 1. The number of nitrogens with one attached hydrogen (secondary N) is 3. The van der Waals surface area contributed by atoms with E-state index in [-0.39, 0.29) is 42.4 Å². The topological polar surface area (TPSA) is 91.8 Å². The molecule has 0 atom stereocenters. The molecule has 3 N–H and O–H groups in total. The van der Waals surface area contributed by atoms with Gasteiger partial charge in [0.25, 0.3) is 0 Å². The Morgan fingerprint density at radius 1 is 1.06 bits per heavy atom. The summed E-state index contributed by atoms with van der Waals surface area (Å²) in [5.41, 5.74) is 3.16. The maximum atomic E-state index is 11.6. The van der Waals surface area contributed by atoms with Crippen LogP contribution in [0.2, 0.25) is 0 Å². The summed E-state index contributed by atoms with van der Waals surface area (Å²) in [4.78, 5) is 4.66. The van der Waals surface area contributed by atoms with Gasteiger partial charge in [-0.1, -0.05) is 24.3 Å². The van der Waals surface area contributed by atoms with Gasteiger partial charge in [-0.25, -0.2) is 18.1 Å². The van der Waals surface area contributed by atoms with E-state index in [2.05, 4.69) is 33.3 Å². The van der Waals surface area contributed by atoms with Gasteiger partial charge in [0.15, 0.2) is 5.96 Å². The van der Waals surface area contributed by atoms with Gasteiger partial charge in [-0.15, -0.1) is 24.0 Å². The second kappa shape index (κ2) is 13.5. The fourth-order valence-electron chi connectivity index (χ4n) is 2.61. The van der Waals surface area contributed by atoms with Crippen LogP contribution >= 0.6 is 24.0 Å². The Bertz CT molecular complexity index is 932. The van der Waals surface area contributed by atoms with E-state index in [0.717, 1.165) is 17.0 Å². The fraction of sp³-hybridized carbons (Fsp3) is 0.409. The highest BCUT2D eigenvalue weighted by Gasteiger charge is 2.06. The number of sulfonamides is 1. The molecule has 0 saturated heterocycles. The predicted molar refractivity (Wildman–Crippen MR) is 139 cm³/mol. The highest BCUT2D eigenvalue weighted by Crippen LogP contribution is 2.17. The normalized spacial score (nSPS) is 11.7. The maximum absolute atomic E-state index is 11.6. The average molecular weight is 561 g/mol. The Balaban J connectivity index is 0.00000480. The molecule has 172 valence electrons. The Morgan fingerprint density at radius 3 is 2.35 bits per heavy atom. The molecule has 0 heterocycles. The number of aliphatic imine (C=N–C) groups is 1. The summed E-state index contributed by atoms with van der Waals surface area (Å²) >= 11 is 0. The third-order valence-corrected chi connectivity index (χ3v) is 5.68. The molecule has 2 aromatic carbocycles. The van der Waals surface area contributed by atoms with Crippen LogP contribution in [0.5, 0.6) is 5.75 Å². The van der Waals surface area contributed by atoms with Crippen LogP contribution < -0.4 is 20.1 Å². The molecule has 2 rings (SSSR count). The summed E-state index contributed by atoms with van der Waals surface area (Å²) in [5, 5.41) is 6.45. The van der Waals surface area contributed by atoms with E-state index in [1.807, 2.05) is 56.3 Å². The van der Waals surface area contributed by atoms with Crippen LogP contribution in [0.1, 0.15) is 31.9 Å². The van der Waals surface area contributed by atoms with Crippen molar-refractivity contribution in [2.24, 2.45) is 4.99 Å². The first-order valence-electron chi connectivity index (χ1n) is 10.1. The lowest BCUT2D eigenvalue weighted by Gasteiger charge is -2.15. The molecule has 0 radical (unpaired) electrons. The number of hydrogen-bond donors (Lipinski definition) is 3. The molecular formula is C22H33IN4O3S. The Kier molecular flexibility index (Phi) is 11.9. The average Bonchev–Trinajstić information content (AvgIpc) is 2.71. The fourth-order valence-corrected chi connectivity index (χ4v) is 3.22. The van der Waals surface area contributed by atoms with Crippen LogP contribution in [0.25, 0.3) is 0 Å². The molecule has 0 aliphatic carbocycles. The molecule has 0 unspecified atom stereocenters. The summed E-state index contributed by atoms with van der Waals surface area (Å²) in [6.45, 7) is 8.84. The van der Waals surface area contributed by atoms with Gasteiger partial charge < -0.3 is 15.4 Å². The standard InChI is InChI=1S/C22H32N4O3S.HI/c1-5-30(27,28)25-15-14-23-22(24-16-19-9-7-6-8-18(19)4)26-20-10-12-21(13-11-20)29-17(2)3;/h6-13,17,25H,5,14-16H2,1-4H3,(H2,23,24,26);1H. The highest BCUT2D eigenvalue weighted by molar-refractivity contribution is 14.0. The number of guanidine groups is 1. The van der Waals surface area contributed by atoms with Gasteiger partial charge in [-0.05, 0) is 63.1 Å². The second-order valence-corrected chi connectivity index (χ2v) is 9.23. The van der Waals surface area contributed by atoms with Crippen molar-refractivity contribution in [2.45, 2.75) is 40.3 Å². The number of rotatable bonds is 10. The van der Waals surface area contributed by atoms with E-state index in [4.69, 9.17) is 4.74 Å². The SMILES string of the molecule is CCS(=O)(=O)NCCNC(=NCc1ccccc1C)Nc1ccc(OC(C)C)cc1.I. The van der Waals surface area contributed by atoms with Crippen LogP contribution in [0.15, 0.2) is 53.5 Å². The first kappa shape index (κ1) is 27.2. The summed E-state index contributed by atoms with van der Waals surface area (Å²) in [7, 11) is -3.22. The molecule has 0 aliphatic heterocycles. The van der Waals surface area contributed by atoms with Crippen LogP contribution in [-0.4, -0.2) is 39.3 Å². The Morgan fingerprint density at radius 2 is 1.74 bits per heavy atom. The molecule has 31 heavy (non-hydrogen) atoms. The quantitative estimate of drug-likeness (QED) is 0.178. The first-order valence-corrected chi connectivity index (χ1v) is 11.8. The van der Waals surface area contributed by atoms with Crippen molar-refractivity contribution in [1.82, 2.24) is 10.0 Å². The van der Waals surface area contributed by atoms with Gasteiger partial charge in [0.2, 0.25) is 10.0 Å². The predicted octanol–water partition coefficient (Wildman–Crippen LogP) is 3.90. The summed E-state index contributed by atoms with van der Waals surface area (Å²) in [6.07, 6.45) is 0.114. The number of ether oxygens (including phenoxy) is 1. The number of aryl methyl sites for hydroxylation is 1. The lowest BCUT2D eigenvalue weighted by atomic mass is 10.1. The molecule has 2 aromatic rings. The lowest BCUT2D eigenvalue weighted by molar-refractivity contribution is 0.242. The number of benzene rings is 2. The molecule has 0 amide bonds. The van der Waals surface area contributed by atoms with Crippen molar-refractivity contribution < 1.29 is 13.2 Å². The Labute approximate surface area is 203 Å². The van der Waals surface area contributed by atoms with Crippen molar-refractivity contribution in [1.29, 1.82) is 0 Å². The van der Waals surface area contributed by atoms with E-state index in [1.54, 1.807) is 6.92 Å². The van der Waals surface area contributed by atoms with Gasteiger partial charge in [0, 0.05) is 18.8 Å². The van der Waals surface area contributed by atoms with Crippen molar-refractivity contribution >= 4 is 45.6 Å². The summed E-state index contributed by atoms with van der Waals surface area (Å²) < 4.78 is 31.4. The molecule has 0 spiro atoms. The zero-order valence-corrected chi connectivity index (χ0v) is 21.7. The van der Waals surface area contributed by atoms with Gasteiger partial charge in [0.1, 0.15) is 5.75 Å². The highest BCUT2D eigenvalue weighted by atomic mass is 127. The molecule has 9 heteroatoms. The summed E-state index contributed by atoms with van der Waals surface area (Å²) in [6, 6.07) is 15.7. The van der Waals surface area contributed by atoms with E-state index >= 15 is 0 Å². The molecular weight excluding hydrogens is 527 g/mol. The van der Waals surface area contributed by atoms with E-state index in [1.165, 1.54) is 5.56 Å². The van der Waals surface area contributed by atoms with Crippen molar-refractivity contribution in [2.75, 3.05) is 24.2 Å². The zero-order chi connectivity index (χ0) is 22.0. The number of nitrogens with zero attached hydrogens (tertiary/aromatic N) is 1. The number of hydrogen-bond acceptors (Lipinski definition) is 4.